The van der Waals surface area contributed by atoms with Gasteiger partial charge in [0.25, 0.3) is 0 Å². The lowest BCUT2D eigenvalue weighted by Crippen LogP contribution is -2.21. The molecular weight excluding hydrogens is 390 g/mol. The number of carbonyl (C=O) groups is 2. The van der Waals surface area contributed by atoms with Gasteiger partial charge in [0.05, 0.1) is 17.1 Å². The summed E-state index contributed by atoms with van der Waals surface area (Å²) in [6.45, 7) is 0. The first-order valence-corrected chi connectivity index (χ1v) is 9.93. The highest BCUT2D eigenvalue weighted by Crippen LogP contribution is 2.27. The number of aliphatic carboxylic acids is 1. The first-order valence-electron chi connectivity index (χ1n) is 9.93. The summed E-state index contributed by atoms with van der Waals surface area (Å²) in [4.78, 5) is 30.3. The van der Waals surface area contributed by atoms with Crippen molar-refractivity contribution in [1.82, 2.24) is 4.98 Å². The Kier molecular flexibility index (Phi) is 7.17. The van der Waals surface area contributed by atoms with Crippen LogP contribution in [0.5, 0.6) is 0 Å². The van der Waals surface area contributed by atoms with Crippen LogP contribution in [-0.2, 0) is 9.59 Å². The molecule has 3 aromatic rings. The van der Waals surface area contributed by atoms with Crippen molar-refractivity contribution in [2.75, 3.05) is 24.3 Å². The summed E-state index contributed by atoms with van der Waals surface area (Å²) in [7, 11) is 3.93. The van der Waals surface area contributed by atoms with E-state index in [1.807, 2.05) is 73.6 Å². The number of fused-ring (bicyclic) bond motifs is 1. The molecule has 0 saturated carbocycles. The Morgan fingerprint density at radius 2 is 1.81 bits per heavy atom. The number of benzene rings is 2. The van der Waals surface area contributed by atoms with Gasteiger partial charge in [0.2, 0.25) is 5.91 Å². The average molecular weight is 415 g/mol. The topological polar surface area (TPSA) is 82.5 Å². The molecule has 0 fully saturated rings. The number of rotatable bonds is 8. The van der Waals surface area contributed by atoms with Gasteiger partial charge in [0.15, 0.2) is 0 Å². The predicted octanol–water partition coefficient (Wildman–Crippen LogP) is 4.61. The molecule has 1 atom stereocenters. The van der Waals surface area contributed by atoms with Crippen molar-refractivity contribution < 1.29 is 14.7 Å². The third-order valence-electron chi connectivity index (χ3n) is 4.88. The van der Waals surface area contributed by atoms with Crippen LogP contribution < -0.4 is 10.2 Å². The molecule has 0 spiro atoms. The molecular formula is C25H25N3O3. The fraction of sp³-hybridized carbons (Fsp3) is 0.160. The number of hydrogen-bond donors (Lipinski definition) is 2. The van der Waals surface area contributed by atoms with E-state index >= 15 is 0 Å². The summed E-state index contributed by atoms with van der Waals surface area (Å²) in [6.07, 6.45) is 8.06. The van der Waals surface area contributed by atoms with Gasteiger partial charge in [-0.05, 0) is 36.2 Å². The van der Waals surface area contributed by atoms with Crippen molar-refractivity contribution in [1.29, 1.82) is 0 Å². The second kappa shape index (κ2) is 10.2. The number of para-hydroxylation sites is 1. The van der Waals surface area contributed by atoms with Crippen molar-refractivity contribution in [3.63, 3.8) is 0 Å². The van der Waals surface area contributed by atoms with Crippen LogP contribution in [0.4, 0.5) is 11.4 Å². The van der Waals surface area contributed by atoms with E-state index in [1.165, 1.54) is 6.08 Å². The minimum absolute atomic E-state index is 0.150. The number of amides is 1. The molecule has 1 amide bonds. The highest BCUT2D eigenvalue weighted by atomic mass is 16.4. The van der Waals surface area contributed by atoms with Crippen molar-refractivity contribution in [2.24, 2.45) is 0 Å². The number of nitrogens with zero attached hydrogens (tertiary/aromatic N) is 2. The summed E-state index contributed by atoms with van der Waals surface area (Å²) >= 11 is 0. The van der Waals surface area contributed by atoms with E-state index in [4.69, 9.17) is 5.11 Å². The van der Waals surface area contributed by atoms with Crippen LogP contribution in [0.3, 0.4) is 0 Å². The lowest BCUT2D eigenvalue weighted by molar-refractivity contribution is -0.131. The zero-order chi connectivity index (χ0) is 22.2. The van der Waals surface area contributed by atoms with Crippen LogP contribution in [-0.4, -0.2) is 36.1 Å². The molecule has 6 heteroatoms. The summed E-state index contributed by atoms with van der Waals surface area (Å²) in [5.41, 5.74) is 3.32. The van der Waals surface area contributed by atoms with E-state index in [1.54, 1.807) is 18.3 Å². The minimum Gasteiger partial charge on any atom is -0.478 e. The largest absolute Gasteiger partial charge is 0.478 e. The molecule has 0 aliphatic carbocycles. The van der Waals surface area contributed by atoms with Gasteiger partial charge < -0.3 is 15.3 Å². The van der Waals surface area contributed by atoms with Gasteiger partial charge in [-0.15, -0.1) is 0 Å². The van der Waals surface area contributed by atoms with Crippen molar-refractivity contribution >= 4 is 34.2 Å². The number of carboxylic acid groups (broad SMARTS) is 1. The van der Waals surface area contributed by atoms with E-state index < -0.39 is 11.9 Å². The number of carboxylic acids is 1. The summed E-state index contributed by atoms with van der Waals surface area (Å²) < 4.78 is 0. The molecule has 3 rings (SSSR count). The van der Waals surface area contributed by atoms with Gasteiger partial charge >= 0.3 is 5.97 Å². The number of anilines is 2. The Morgan fingerprint density at radius 3 is 2.52 bits per heavy atom. The van der Waals surface area contributed by atoms with Gasteiger partial charge in [0, 0.05) is 37.4 Å². The van der Waals surface area contributed by atoms with Crippen LogP contribution in [0.2, 0.25) is 0 Å². The third-order valence-corrected chi connectivity index (χ3v) is 4.88. The smallest absolute Gasteiger partial charge is 0.328 e. The lowest BCUT2D eigenvalue weighted by Gasteiger charge is -2.18. The first-order chi connectivity index (χ1) is 15.0. The van der Waals surface area contributed by atoms with Gasteiger partial charge in [-0.1, -0.05) is 48.6 Å². The van der Waals surface area contributed by atoms with Crippen LogP contribution in [0.15, 0.2) is 85.1 Å². The molecule has 1 heterocycles. The summed E-state index contributed by atoms with van der Waals surface area (Å²) in [6, 6.07) is 17.3. The number of nitrogens with one attached hydrogen (secondary N) is 1. The Labute approximate surface area is 181 Å². The first kappa shape index (κ1) is 21.8. The number of allylic oxidation sites excluding steroid dienone is 3. The van der Waals surface area contributed by atoms with E-state index in [2.05, 4.69) is 10.3 Å². The second-order valence-electron chi connectivity index (χ2n) is 7.27. The molecule has 0 aliphatic rings. The molecule has 1 aromatic heterocycles. The number of carbonyl (C=O) groups excluding carboxylic acids is 1. The number of aromatic nitrogens is 1. The predicted molar refractivity (Wildman–Crippen MR) is 124 cm³/mol. The zero-order valence-corrected chi connectivity index (χ0v) is 17.5. The number of hydrogen-bond acceptors (Lipinski definition) is 4. The molecule has 2 N–H and O–H groups in total. The highest BCUT2D eigenvalue weighted by Gasteiger charge is 2.20. The molecule has 0 radical (unpaired) electrons. The Morgan fingerprint density at radius 1 is 1.06 bits per heavy atom. The maximum absolute atomic E-state index is 13.3. The fourth-order valence-electron chi connectivity index (χ4n) is 3.26. The van der Waals surface area contributed by atoms with Crippen LogP contribution in [0.1, 0.15) is 17.9 Å². The van der Waals surface area contributed by atoms with E-state index in [-0.39, 0.29) is 5.91 Å². The van der Waals surface area contributed by atoms with E-state index in [0.29, 0.717) is 12.1 Å². The molecule has 0 bridgehead atoms. The van der Waals surface area contributed by atoms with Crippen molar-refractivity contribution in [3.8, 4) is 0 Å². The molecule has 0 aliphatic heterocycles. The molecule has 31 heavy (non-hydrogen) atoms. The normalized spacial score (nSPS) is 12.3. The second-order valence-corrected chi connectivity index (χ2v) is 7.27. The van der Waals surface area contributed by atoms with Crippen LogP contribution in [0.25, 0.3) is 10.9 Å². The lowest BCUT2D eigenvalue weighted by atomic mass is 9.94. The Bertz CT molecular complexity index is 1110. The maximum Gasteiger partial charge on any atom is 0.328 e. The van der Waals surface area contributed by atoms with Crippen molar-refractivity contribution in [2.45, 2.75) is 12.3 Å². The van der Waals surface area contributed by atoms with Gasteiger partial charge in [-0.2, -0.15) is 0 Å². The molecule has 6 nitrogen and oxygen atoms in total. The van der Waals surface area contributed by atoms with Crippen LogP contribution >= 0.6 is 0 Å². The molecule has 158 valence electrons. The molecule has 0 saturated heterocycles. The fourth-order valence-corrected chi connectivity index (χ4v) is 3.26. The third kappa shape index (κ3) is 5.79. The van der Waals surface area contributed by atoms with E-state index in [0.717, 1.165) is 28.2 Å². The summed E-state index contributed by atoms with van der Waals surface area (Å²) in [5, 5.41) is 12.7. The van der Waals surface area contributed by atoms with Gasteiger partial charge in [0.1, 0.15) is 0 Å². The quantitative estimate of drug-likeness (QED) is 0.415. The molecule has 0 unspecified atom stereocenters. The van der Waals surface area contributed by atoms with E-state index in [9.17, 15) is 9.59 Å². The monoisotopic (exact) mass is 415 g/mol. The zero-order valence-electron chi connectivity index (χ0n) is 17.5. The standard InChI is InChI=1S/C25H25N3O3/c1-28(2)20-15-13-18(14-16-20)21(10-4-3-5-12-23(29)30)25(31)27-22-11-6-8-19-9-7-17-26-24(19)22/h3-9,11-17,21H,10H2,1-2H3,(H,27,31)(H,29,30)/t21-/m0/s1. The maximum atomic E-state index is 13.3. The molecule has 2 aromatic carbocycles. The summed E-state index contributed by atoms with van der Waals surface area (Å²) in [5.74, 6) is -1.60. The minimum atomic E-state index is -1.01. The van der Waals surface area contributed by atoms with Crippen LogP contribution in [0, 0.1) is 0 Å². The van der Waals surface area contributed by atoms with Gasteiger partial charge in [-0.3, -0.25) is 9.78 Å². The Balaban J connectivity index is 1.86. The highest BCUT2D eigenvalue weighted by molar-refractivity contribution is 6.02. The van der Waals surface area contributed by atoms with Crippen molar-refractivity contribution in [3.05, 3.63) is 90.7 Å². The Hall–Kier alpha value is -3.93. The number of pyridine rings is 1. The SMILES string of the molecule is CN(C)c1ccc([C@H](CC=CC=CC(=O)O)C(=O)Nc2cccc3cccnc23)cc1. The average Bonchev–Trinajstić information content (AvgIpc) is 2.76. The van der Waals surface area contributed by atoms with Gasteiger partial charge in [-0.25, -0.2) is 4.79 Å².